The zero-order valence-electron chi connectivity index (χ0n) is 16.6. The summed E-state index contributed by atoms with van der Waals surface area (Å²) in [4.78, 5) is 16.5. The summed E-state index contributed by atoms with van der Waals surface area (Å²) in [5, 5.41) is 5.14. The van der Waals surface area contributed by atoms with Gasteiger partial charge in [0.15, 0.2) is 11.5 Å². The van der Waals surface area contributed by atoms with E-state index in [1.807, 2.05) is 12.1 Å². The molecular weight excluding hydrogens is 384 g/mol. The van der Waals surface area contributed by atoms with Gasteiger partial charge in [0.25, 0.3) is 0 Å². The highest BCUT2D eigenvalue weighted by molar-refractivity contribution is 7.10. The summed E-state index contributed by atoms with van der Waals surface area (Å²) in [5.41, 5.74) is 3.22. The van der Waals surface area contributed by atoms with Crippen LogP contribution in [0.5, 0.6) is 11.5 Å². The number of carbonyl (C=O) groups excluding carboxylic acids is 1. The van der Waals surface area contributed by atoms with Gasteiger partial charge in [0, 0.05) is 23.2 Å². The minimum Gasteiger partial charge on any atom is -0.493 e. The summed E-state index contributed by atoms with van der Waals surface area (Å²) in [6, 6.07) is 18.1. The number of methoxy groups -OCH3 is 2. The van der Waals surface area contributed by atoms with Crippen LogP contribution in [-0.2, 0) is 11.2 Å². The molecule has 0 spiro atoms. The third kappa shape index (κ3) is 4.13. The van der Waals surface area contributed by atoms with Crippen molar-refractivity contribution in [2.24, 2.45) is 0 Å². The number of hydrogen-bond donors (Lipinski definition) is 1. The van der Waals surface area contributed by atoms with Crippen LogP contribution >= 0.6 is 11.3 Å². The van der Waals surface area contributed by atoms with Crippen molar-refractivity contribution in [3.8, 4) is 11.5 Å². The maximum atomic E-state index is 12.8. The molecule has 0 radical (unpaired) electrons. The van der Waals surface area contributed by atoms with Crippen molar-refractivity contribution in [2.45, 2.75) is 12.5 Å². The number of amides is 1. The standard InChI is InChI=1S/C23H24N2O3S/c1-27-19-9-8-17(14-20(19)28-2)24-22(26)15-25-12-10-21-18(11-13-29-21)23(25)16-6-4-3-5-7-16/h3-9,11,13-14,23H,10,12,15H2,1-2H3,(H,24,26)/t23-/m0/s1. The number of thiophene rings is 1. The molecule has 1 atom stereocenters. The smallest absolute Gasteiger partial charge is 0.238 e. The molecule has 0 saturated heterocycles. The Morgan fingerprint density at radius 1 is 1.10 bits per heavy atom. The second-order valence-corrected chi connectivity index (χ2v) is 7.95. The van der Waals surface area contributed by atoms with Gasteiger partial charge in [0.1, 0.15) is 0 Å². The van der Waals surface area contributed by atoms with Gasteiger partial charge in [0.05, 0.1) is 26.8 Å². The fourth-order valence-corrected chi connectivity index (χ4v) is 4.77. The minimum absolute atomic E-state index is 0.0446. The van der Waals surface area contributed by atoms with Crippen molar-refractivity contribution in [1.82, 2.24) is 4.90 Å². The van der Waals surface area contributed by atoms with Gasteiger partial charge in [-0.2, -0.15) is 0 Å². The van der Waals surface area contributed by atoms with Gasteiger partial charge in [-0.15, -0.1) is 11.3 Å². The molecule has 0 saturated carbocycles. The Kier molecular flexibility index (Phi) is 5.83. The van der Waals surface area contributed by atoms with E-state index in [-0.39, 0.29) is 11.9 Å². The van der Waals surface area contributed by atoms with E-state index in [2.05, 4.69) is 45.9 Å². The second-order valence-electron chi connectivity index (χ2n) is 6.95. The predicted molar refractivity (Wildman–Crippen MR) is 116 cm³/mol. The van der Waals surface area contributed by atoms with Crippen LogP contribution in [0.1, 0.15) is 22.0 Å². The molecule has 3 aromatic rings. The minimum atomic E-state index is -0.0446. The van der Waals surface area contributed by atoms with Crippen LogP contribution in [0.2, 0.25) is 0 Å². The van der Waals surface area contributed by atoms with Gasteiger partial charge < -0.3 is 14.8 Å². The number of carbonyl (C=O) groups is 1. The Bertz CT molecular complexity index is 987. The molecular formula is C23H24N2O3S. The van der Waals surface area contributed by atoms with Gasteiger partial charge in [-0.1, -0.05) is 30.3 Å². The molecule has 29 heavy (non-hydrogen) atoms. The third-order valence-corrected chi connectivity index (χ3v) is 6.19. The van der Waals surface area contributed by atoms with Crippen LogP contribution in [0.3, 0.4) is 0 Å². The van der Waals surface area contributed by atoms with Crippen molar-refractivity contribution < 1.29 is 14.3 Å². The summed E-state index contributed by atoms with van der Waals surface area (Å²) in [5.74, 6) is 1.18. The van der Waals surface area contributed by atoms with Gasteiger partial charge in [-0.3, -0.25) is 9.69 Å². The normalized spacial score (nSPS) is 16.1. The van der Waals surface area contributed by atoms with Crippen LogP contribution < -0.4 is 14.8 Å². The number of rotatable bonds is 6. The zero-order chi connectivity index (χ0) is 20.2. The number of nitrogens with zero attached hydrogens (tertiary/aromatic N) is 1. The Balaban J connectivity index is 1.53. The molecule has 4 rings (SSSR count). The number of nitrogens with one attached hydrogen (secondary N) is 1. The number of fused-ring (bicyclic) bond motifs is 1. The Hall–Kier alpha value is -2.83. The molecule has 1 amide bonds. The average molecular weight is 409 g/mol. The lowest BCUT2D eigenvalue weighted by Gasteiger charge is -2.35. The molecule has 2 heterocycles. The van der Waals surface area contributed by atoms with E-state index in [0.717, 1.165) is 13.0 Å². The maximum Gasteiger partial charge on any atom is 0.238 e. The van der Waals surface area contributed by atoms with Crippen molar-refractivity contribution in [2.75, 3.05) is 32.6 Å². The summed E-state index contributed by atoms with van der Waals surface area (Å²) in [6.45, 7) is 1.18. The first-order valence-electron chi connectivity index (χ1n) is 9.56. The van der Waals surface area contributed by atoms with Crippen LogP contribution in [0.25, 0.3) is 0 Å². The van der Waals surface area contributed by atoms with Gasteiger partial charge in [0.2, 0.25) is 5.91 Å². The highest BCUT2D eigenvalue weighted by atomic mass is 32.1. The summed E-state index contributed by atoms with van der Waals surface area (Å²) in [6.07, 6.45) is 0.972. The van der Waals surface area contributed by atoms with E-state index in [9.17, 15) is 4.79 Å². The molecule has 1 N–H and O–H groups in total. The van der Waals surface area contributed by atoms with E-state index >= 15 is 0 Å². The van der Waals surface area contributed by atoms with Crippen molar-refractivity contribution in [1.29, 1.82) is 0 Å². The second kappa shape index (κ2) is 8.68. The van der Waals surface area contributed by atoms with Crippen LogP contribution in [0.4, 0.5) is 5.69 Å². The number of anilines is 1. The SMILES string of the molecule is COc1ccc(NC(=O)CN2CCc3sccc3[C@@H]2c2ccccc2)cc1OC. The summed E-state index contributed by atoms with van der Waals surface area (Å²) >= 11 is 1.80. The molecule has 150 valence electrons. The van der Waals surface area contributed by atoms with E-state index in [1.54, 1.807) is 37.7 Å². The van der Waals surface area contributed by atoms with Crippen molar-refractivity contribution >= 4 is 22.9 Å². The van der Waals surface area contributed by atoms with Crippen molar-refractivity contribution in [3.05, 3.63) is 76.0 Å². The highest BCUT2D eigenvalue weighted by Gasteiger charge is 2.30. The molecule has 6 heteroatoms. The van der Waals surface area contributed by atoms with E-state index in [0.29, 0.717) is 23.7 Å². The Labute approximate surface area is 174 Å². The highest BCUT2D eigenvalue weighted by Crippen LogP contribution is 2.37. The van der Waals surface area contributed by atoms with E-state index in [4.69, 9.17) is 9.47 Å². The Morgan fingerprint density at radius 3 is 2.66 bits per heavy atom. The molecule has 0 bridgehead atoms. The van der Waals surface area contributed by atoms with Gasteiger partial charge >= 0.3 is 0 Å². The molecule has 0 unspecified atom stereocenters. The van der Waals surface area contributed by atoms with E-state index < -0.39 is 0 Å². The first-order chi connectivity index (χ1) is 14.2. The van der Waals surface area contributed by atoms with Crippen molar-refractivity contribution in [3.63, 3.8) is 0 Å². The van der Waals surface area contributed by atoms with Gasteiger partial charge in [-0.05, 0) is 41.1 Å². The number of hydrogen-bond acceptors (Lipinski definition) is 5. The fraction of sp³-hybridized carbons (Fsp3) is 0.261. The van der Waals surface area contributed by atoms with Gasteiger partial charge in [-0.25, -0.2) is 0 Å². The maximum absolute atomic E-state index is 12.8. The largest absolute Gasteiger partial charge is 0.493 e. The number of benzene rings is 2. The lowest BCUT2D eigenvalue weighted by Crippen LogP contribution is -2.40. The van der Waals surface area contributed by atoms with Crippen LogP contribution in [-0.4, -0.2) is 38.1 Å². The number of ether oxygens (including phenoxy) is 2. The topological polar surface area (TPSA) is 50.8 Å². The molecule has 5 nitrogen and oxygen atoms in total. The first kappa shape index (κ1) is 19.5. The summed E-state index contributed by atoms with van der Waals surface area (Å²) in [7, 11) is 3.18. The average Bonchev–Trinajstić information content (AvgIpc) is 3.22. The predicted octanol–water partition coefficient (Wildman–Crippen LogP) is 4.35. The molecule has 1 aromatic heterocycles. The van der Waals surface area contributed by atoms with E-state index in [1.165, 1.54) is 16.0 Å². The molecule has 2 aromatic carbocycles. The zero-order valence-corrected chi connectivity index (χ0v) is 17.4. The molecule has 1 aliphatic heterocycles. The third-order valence-electron chi connectivity index (χ3n) is 5.19. The molecule has 0 aliphatic carbocycles. The van der Waals surface area contributed by atoms with Crippen LogP contribution in [0.15, 0.2) is 60.0 Å². The quantitative estimate of drug-likeness (QED) is 0.659. The molecule has 1 aliphatic rings. The van der Waals surface area contributed by atoms with Crippen LogP contribution in [0, 0.1) is 0 Å². The first-order valence-corrected chi connectivity index (χ1v) is 10.4. The Morgan fingerprint density at radius 2 is 1.90 bits per heavy atom. The fourth-order valence-electron chi connectivity index (χ4n) is 3.86. The lowest BCUT2D eigenvalue weighted by atomic mass is 9.93. The monoisotopic (exact) mass is 408 g/mol. The lowest BCUT2D eigenvalue weighted by molar-refractivity contribution is -0.117. The molecule has 0 fully saturated rings. The summed E-state index contributed by atoms with van der Waals surface area (Å²) < 4.78 is 10.6.